The van der Waals surface area contributed by atoms with E-state index in [1.165, 1.54) is 6.20 Å². The molecular formula is C13H19N3O3. The molecule has 6 heteroatoms. The lowest BCUT2D eigenvalue weighted by Crippen LogP contribution is -2.52. The Morgan fingerprint density at radius 2 is 2.21 bits per heavy atom. The third kappa shape index (κ3) is 3.56. The van der Waals surface area contributed by atoms with Gasteiger partial charge in [0.1, 0.15) is 5.60 Å². The van der Waals surface area contributed by atoms with Crippen molar-refractivity contribution in [1.82, 2.24) is 14.7 Å². The van der Waals surface area contributed by atoms with E-state index in [-0.39, 0.29) is 6.09 Å². The molecule has 0 saturated carbocycles. The van der Waals surface area contributed by atoms with Crippen LogP contribution in [0.4, 0.5) is 4.79 Å². The van der Waals surface area contributed by atoms with Crippen LogP contribution in [0.15, 0.2) is 12.4 Å². The van der Waals surface area contributed by atoms with Crippen LogP contribution in [0.1, 0.15) is 31.1 Å². The van der Waals surface area contributed by atoms with Crippen molar-refractivity contribution in [1.29, 1.82) is 0 Å². The molecule has 2 heterocycles. The Hall–Kier alpha value is -1.85. The van der Waals surface area contributed by atoms with Crippen LogP contribution in [0.3, 0.4) is 0 Å². The molecule has 1 aromatic heterocycles. The SMILES string of the molecule is CC(C)(C)OC(=O)N1CC(Cn2cc(C=O)cn2)C1. The van der Waals surface area contributed by atoms with Gasteiger partial charge in [0, 0.05) is 31.7 Å². The first kappa shape index (κ1) is 13.6. The van der Waals surface area contributed by atoms with E-state index in [4.69, 9.17) is 4.74 Å². The fourth-order valence-corrected chi connectivity index (χ4v) is 1.97. The largest absolute Gasteiger partial charge is 0.444 e. The number of amides is 1. The molecule has 0 atom stereocenters. The van der Waals surface area contributed by atoms with Crippen molar-refractivity contribution in [3.63, 3.8) is 0 Å². The predicted molar refractivity (Wildman–Crippen MR) is 68.9 cm³/mol. The van der Waals surface area contributed by atoms with E-state index in [1.54, 1.807) is 15.8 Å². The molecule has 6 nitrogen and oxygen atoms in total. The number of aldehydes is 1. The molecule has 0 N–H and O–H groups in total. The molecule has 0 bridgehead atoms. The molecule has 1 fully saturated rings. The van der Waals surface area contributed by atoms with Gasteiger partial charge in [0.2, 0.25) is 0 Å². The van der Waals surface area contributed by atoms with E-state index in [0.29, 0.717) is 31.1 Å². The number of rotatable bonds is 3. The highest BCUT2D eigenvalue weighted by molar-refractivity contribution is 5.73. The molecule has 0 radical (unpaired) electrons. The summed E-state index contributed by atoms with van der Waals surface area (Å²) in [6, 6.07) is 0. The van der Waals surface area contributed by atoms with Crippen molar-refractivity contribution in [2.45, 2.75) is 32.9 Å². The Balaban J connectivity index is 1.77. The van der Waals surface area contributed by atoms with E-state index in [0.717, 1.165) is 6.29 Å². The first-order valence-corrected chi connectivity index (χ1v) is 6.33. The lowest BCUT2D eigenvalue weighted by Gasteiger charge is -2.39. The fourth-order valence-electron chi connectivity index (χ4n) is 1.97. The molecule has 104 valence electrons. The summed E-state index contributed by atoms with van der Waals surface area (Å²) < 4.78 is 7.02. The van der Waals surface area contributed by atoms with E-state index < -0.39 is 5.60 Å². The monoisotopic (exact) mass is 265 g/mol. The Morgan fingerprint density at radius 3 is 2.74 bits per heavy atom. The number of ether oxygens (including phenoxy) is 1. The number of nitrogens with zero attached hydrogens (tertiary/aromatic N) is 3. The quantitative estimate of drug-likeness (QED) is 0.778. The van der Waals surface area contributed by atoms with Crippen LogP contribution >= 0.6 is 0 Å². The molecule has 1 aliphatic rings. The number of carbonyl (C=O) groups excluding carboxylic acids is 2. The Labute approximate surface area is 112 Å². The summed E-state index contributed by atoms with van der Waals surface area (Å²) in [6.45, 7) is 7.62. The lowest BCUT2D eigenvalue weighted by molar-refractivity contribution is -0.00383. The van der Waals surface area contributed by atoms with Crippen LogP contribution in [-0.4, -0.2) is 45.8 Å². The average molecular weight is 265 g/mol. The maximum atomic E-state index is 11.7. The number of hydrogen-bond donors (Lipinski definition) is 0. The van der Waals surface area contributed by atoms with Gasteiger partial charge in [-0.25, -0.2) is 4.79 Å². The van der Waals surface area contributed by atoms with Crippen LogP contribution in [0.2, 0.25) is 0 Å². The summed E-state index contributed by atoms with van der Waals surface area (Å²) in [7, 11) is 0. The average Bonchev–Trinajstić information content (AvgIpc) is 2.67. The standard InChI is InChI=1S/C13H19N3O3/c1-13(2,3)19-12(18)15-5-11(6-15)8-16-7-10(9-17)4-14-16/h4,7,9,11H,5-6,8H2,1-3H3. The van der Waals surface area contributed by atoms with Gasteiger partial charge in [-0.15, -0.1) is 0 Å². The number of hydrogen-bond acceptors (Lipinski definition) is 4. The van der Waals surface area contributed by atoms with E-state index in [2.05, 4.69) is 5.10 Å². The third-order valence-corrected chi connectivity index (χ3v) is 2.84. The van der Waals surface area contributed by atoms with Crippen molar-refractivity contribution < 1.29 is 14.3 Å². The first-order chi connectivity index (χ1) is 8.87. The minimum absolute atomic E-state index is 0.266. The topological polar surface area (TPSA) is 64.4 Å². The number of likely N-dealkylation sites (tertiary alicyclic amines) is 1. The molecule has 1 aromatic rings. The van der Waals surface area contributed by atoms with Crippen LogP contribution < -0.4 is 0 Å². The first-order valence-electron chi connectivity index (χ1n) is 6.33. The Kier molecular flexibility index (Phi) is 3.59. The van der Waals surface area contributed by atoms with Crippen molar-refractivity contribution in [3.05, 3.63) is 18.0 Å². The summed E-state index contributed by atoms with van der Waals surface area (Å²) in [5.41, 5.74) is 0.117. The molecule has 0 aliphatic carbocycles. The van der Waals surface area contributed by atoms with Gasteiger partial charge < -0.3 is 9.64 Å². The fraction of sp³-hybridized carbons (Fsp3) is 0.615. The molecule has 19 heavy (non-hydrogen) atoms. The zero-order valence-electron chi connectivity index (χ0n) is 11.5. The number of carbonyl (C=O) groups is 2. The summed E-state index contributed by atoms with van der Waals surface area (Å²) in [5.74, 6) is 0.368. The molecule has 0 spiro atoms. The maximum absolute atomic E-state index is 11.7. The highest BCUT2D eigenvalue weighted by Crippen LogP contribution is 2.20. The maximum Gasteiger partial charge on any atom is 0.410 e. The third-order valence-electron chi connectivity index (χ3n) is 2.84. The van der Waals surface area contributed by atoms with Crippen LogP contribution in [-0.2, 0) is 11.3 Å². The van der Waals surface area contributed by atoms with E-state index in [9.17, 15) is 9.59 Å². The van der Waals surface area contributed by atoms with Gasteiger partial charge in [-0.05, 0) is 20.8 Å². The van der Waals surface area contributed by atoms with Gasteiger partial charge in [0.15, 0.2) is 6.29 Å². The van der Waals surface area contributed by atoms with Gasteiger partial charge in [-0.2, -0.15) is 5.10 Å². The highest BCUT2D eigenvalue weighted by atomic mass is 16.6. The minimum atomic E-state index is -0.455. The minimum Gasteiger partial charge on any atom is -0.444 e. The zero-order chi connectivity index (χ0) is 14.0. The van der Waals surface area contributed by atoms with Crippen molar-refractivity contribution >= 4 is 12.4 Å². The second-order valence-corrected chi connectivity index (χ2v) is 5.86. The van der Waals surface area contributed by atoms with E-state index in [1.807, 2.05) is 20.8 Å². The molecular weight excluding hydrogens is 246 g/mol. The van der Waals surface area contributed by atoms with Gasteiger partial charge in [0.05, 0.1) is 11.8 Å². The van der Waals surface area contributed by atoms with Crippen LogP contribution in [0, 0.1) is 5.92 Å². The van der Waals surface area contributed by atoms with E-state index >= 15 is 0 Å². The molecule has 1 aliphatic heterocycles. The highest BCUT2D eigenvalue weighted by Gasteiger charge is 2.33. The summed E-state index contributed by atoms with van der Waals surface area (Å²) >= 11 is 0. The molecule has 1 saturated heterocycles. The Morgan fingerprint density at radius 1 is 1.53 bits per heavy atom. The van der Waals surface area contributed by atoms with Crippen LogP contribution in [0.5, 0.6) is 0 Å². The second kappa shape index (κ2) is 5.03. The van der Waals surface area contributed by atoms with Crippen molar-refractivity contribution in [2.24, 2.45) is 5.92 Å². The molecule has 1 amide bonds. The van der Waals surface area contributed by atoms with Crippen LogP contribution in [0.25, 0.3) is 0 Å². The predicted octanol–water partition coefficient (Wildman–Crippen LogP) is 1.56. The second-order valence-electron chi connectivity index (χ2n) is 5.86. The van der Waals surface area contributed by atoms with Gasteiger partial charge >= 0.3 is 6.09 Å². The van der Waals surface area contributed by atoms with Gasteiger partial charge in [-0.1, -0.05) is 0 Å². The Bertz CT molecular complexity index is 470. The van der Waals surface area contributed by atoms with Crippen molar-refractivity contribution in [2.75, 3.05) is 13.1 Å². The normalized spacial score (nSPS) is 16.1. The number of aromatic nitrogens is 2. The lowest BCUT2D eigenvalue weighted by atomic mass is 10.0. The van der Waals surface area contributed by atoms with Crippen molar-refractivity contribution in [3.8, 4) is 0 Å². The van der Waals surface area contributed by atoms with Gasteiger partial charge in [-0.3, -0.25) is 9.48 Å². The summed E-state index contributed by atoms with van der Waals surface area (Å²) in [5, 5.41) is 4.09. The summed E-state index contributed by atoms with van der Waals surface area (Å²) in [6.07, 6.45) is 3.76. The zero-order valence-corrected chi connectivity index (χ0v) is 11.5. The molecule has 0 aromatic carbocycles. The molecule has 2 rings (SSSR count). The van der Waals surface area contributed by atoms with Gasteiger partial charge in [0.25, 0.3) is 0 Å². The smallest absolute Gasteiger partial charge is 0.410 e. The summed E-state index contributed by atoms with van der Waals surface area (Å²) in [4.78, 5) is 23.9. The molecule has 0 unspecified atom stereocenters.